The fraction of sp³-hybridized carbons (Fsp3) is 0.200. The summed E-state index contributed by atoms with van der Waals surface area (Å²) in [5.74, 6) is -1.27. The number of aromatic nitrogens is 4. The van der Waals surface area contributed by atoms with E-state index in [1.165, 1.54) is 35.3 Å². The van der Waals surface area contributed by atoms with E-state index < -0.39 is 39.8 Å². The van der Waals surface area contributed by atoms with Gasteiger partial charge < -0.3 is 10.6 Å². The average molecular weight is 469 g/mol. The lowest BCUT2D eigenvalue weighted by Gasteiger charge is -2.22. The van der Waals surface area contributed by atoms with Crippen molar-refractivity contribution >= 4 is 33.4 Å². The Bertz CT molecular complexity index is 1360. The van der Waals surface area contributed by atoms with Crippen LogP contribution in [-0.2, 0) is 25.0 Å². The third kappa shape index (κ3) is 4.30. The van der Waals surface area contributed by atoms with Crippen molar-refractivity contribution in [3.8, 4) is 5.69 Å². The maximum absolute atomic E-state index is 13.1. The minimum absolute atomic E-state index is 0.0327. The van der Waals surface area contributed by atoms with Crippen molar-refractivity contribution in [1.82, 2.24) is 30.4 Å². The Hall–Kier alpha value is -4.13. The molecule has 4 rings (SSSR count). The van der Waals surface area contributed by atoms with Crippen LogP contribution in [0, 0.1) is 0 Å². The molecule has 0 unspecified atom stereocenters. The molecule has 0 spiro atoms. The van der Waals surface area contributed by atoms with Gasteiger partial charge in [-0.2, -0.15) is 0 Å². The molecule has 0 bridgehead atoms. The van der Waals surface area contributed by atoms with Crippen LogP contribution in [0.15, 0.2) is 59.8 Å². The molecule has 1 aliphatic heterocycles. The summed E-state index contributed by atoms with van der Waals surface area (Å²) in [6.45, 7) is 0.996. The number of sulfone groups is 1. The monoisotopic (exact) mass is 469 g/mol. The molecule has 170 valence electrons. The van der Waals surface area contributed by atoms with Crippen molar-refractivity contribution in [2.24, 2.45) is 0 Å². The zero-order chi connectivity index (χ0) is 23.8. The summed E-state index contributed by atoms with van der Waals surface area (Å²) in [5.41, 5.74) is -0.107. The summed E-state index contributed by atoms with van der Waals surface area (Å²) in [7, 11) is -3.46. The third-order valence-electron chi connectivity index (χ3n) is 5.16. The first-order chi connectivity index (χ1) is 15.6. The van der Waals surface area contributed by atoms with E-state index in [1.807, 2.05) is 0 Å². The third-order valence-corrected chi connectivity index (χ3v) is 6.27. The summed E-state index contributed by atoms with van der Waals surface area (Å²) in [4.78, 5) is 39.1. The largest absolute Gasteiger partial charge is 0.325 e. The zero-order valence-electron chi connectivity index (χ0n) is 17.6. The zero-order valence-corrected chi connectivity index (χ0v) is 18.4. The molecule has 12 nitrogen and oxygen atoms in total. The van der Waals surface area contributed by atoms with Gasteiger partial charge in [0.1, 0.15) is 18.4 Å². The highest BCUT2D eigenvalue weighted by Gasteiger charge is 2.49. The lowest BCUT2D eigenvalue weighted by molar-refractivity contribution is -0.133. The number of benzene rings is 2. The maximum Gasteiger partial charge on any atom is 0.325 e. The lowest BCUT2D eigenvalue weighted by Crippen LogP contribution is -2.42. The van der Waals surface area contributed by atoms with Gasteiger partial charge >= 0.3 is 6.03 Å². The van der Waals surface area contributed by atoms with Crippen LogP contribution in [0.25, 0.3) is 5.69 Å². The van der Waals surface area contributed by atoms with Crippen LogP contribution in [0.2, 0.25) is 0 Å². The van der Waals surface area contributed by atoms with Gasteiger partial charge in [0.25, 0.3) is 5.91 Å². The predicted molar refractivity (Wildman–Crippen MR) is 115 cm³/mol. The Balaban J connectivity index is 1.52. The molecule has 0 aliphatic carbocycles. The summed E-state index contributed by atoms with van der Waals surface area (Å²) < 4.78 is 24.8. The molecule has 33 heavy (non-hydrogen) atoms. The van der Waals surface area contributed by atoms with Gasteiger partial charge in [0, 0.05) is 11.9 Å². The van der Waals surface area contributed by atoms with E-state index in [2.05, 4.69) is 26.2 Å². The number of amides is 4. The van der Waals surface area contributed by atoms with Crippen molar-refractivity contribution in [2.45, 2.75) is 17.4 Å². The molecular formula is C20H19N7O5S. The Labute approximate surface area is 188 Å². The van der Waals surface area contributed by atoms with Gasteiger partial charge in [0.05, 0.1) is 10.6 Å². The smallest absolute Gasteiger partial charge is 0.324 e. The molecule has 1 aromatic heterocycles. The summed E-state index contributed by atoms with van der Waals surface area (Å²) in [6.07, 6.45) is 2.45. The number of imide groups is 1. The quantitative estimate of drug-likeness (QED) is 0.494. The van der Waals surface area contributed by atoms with Crippen LogP contribution < -0.4 is 10.6 Å². The van der Waals surface area contributed by atoms with E-state index in [9.17, 15) is 22.8 Å². The first-order valence-electron chi connectivity index (χ1n) is 9.66. The second-order valence-electron chi connectivity index (χ2n) is 7.60. The fourth-order valence-corrected chi connectivity index (χ4v) is 4.09. The molecule has 13 heteroatoms. The highest BCUT2D eigenvalue weighted by Crippen LogP contribution is 2.30. The summed E-state index contributed by atoms with van der Waals surface area (Å²) >= 11 is 0. The van der Waals surface area contributed by atoms with Crippen molar-refractivity contribution in [3.63, 3.8) is 0 Å². The van der Waals surface area contributed by atoms with Gasteiger partial charge in [-0.05, 0) is 53.2 Å². The molecule has 2 heterocycles. The van der Waals surface area contributed by atoms with E-state index in [4.69, 9.17) is 0 Å². The number of carbonyl (C=O) groups excluding carboxylic acids is 3. The molecule has 2 aromatic carbocycles. The first-order valence-corrected chi connectivity index (χ1v) is 11.5. The standard InChI is InChI=1S/C20H19N7O5S/c1-20(13-5-3-7-15(9-13)27-12-21-24-25-27)18(29)26(19(30)23-20)11-17(28)22-14-6-4-8-16(10-14)33(2,31)32/h3-10,12H,11H2,1-2H3,(H,22,28)(H,23,30)/t20-/m0/s1. The Kier molecular flexibility index (Phi) is 5.41. The van der Waals surface area contributed by atoms with Gasteiger partial charge in [-0.3, -0.25) is 14.5 Å². The SMILES string of the molecule is C[C@@]1(c2cccc(-n3cnnn3)c2)NC(=O)N(CC(=O)Nc2cccc(S(C)(=O)=O)c2)C1=O. The van der Waals surface area contributed by atoms with Crippen molar-refractivity contribution < 1.29 is 22.8 Å². The molecule has 0 saturated carbocycles. The normalized spacial score (nSPS) is 18.3. The van der Waals surface area contributed by atoms with Crippen LogP contribution in [0.4, 0.5) is 10.5 Å². The molecule has 3 aromatic rings. The number of urea groups is 1. The number of hydrogen-bond donors (Lipinski definition) is 2. The predicted octanol–water partition coefficient (Wildman–Crippen LogP) is 0.471. The molecule has 2 N–H and O–H groups in total. The van der Waals surface area contributed by atoms with Crippen molar-refractivity contribution in [1.29, 1.82) is 0 Å². The summed E-state index contributed by atoms with van der Waals surface area (Å²) in [5, 5.41) is 16.1. The molecule has 1 fully saturated rings. The topological polar surface area (TPSA) is 156 Å². The summed E-state index contributed by atoms with van der Waals surface area (Å²) in [6, 6.07) is 11.7. The maximum atomic E-state index is 13.1. The number of nitrogens with one attached hydrogen (secondary N) is 2. The van der Waals surface area contributed by atoms with E-state index in [-0.39, 0.29) is 10.6 Å². The van der Waals surface area contributed by atoms with Gasteiger partial charge in [-0.25, -0.2) is 17.9 Å². The number of rotatable bonds is 6. The number of hydrogen-bond acceptors (Lipinski definition) is 8. The molecule has 1 saturated heterocycles. The molecular weight excluding hydrogens is 450 g/mol. The molecule has 1 aliphatic rings. The molecule has 1 atom stereocenters. The van der Waals surface area contributed by atoms with E-state index in [0.29, 0.717) is 11.3 Å². The minimum Gasteiger partial charge on any atom is -0.324 e. The molecule has 0 radical (unpaired) electrons. The van der Waals surface area contributed by atoms with Crippen LogP contribution in [0.1, 0.15) is 12.5 Å². The fourth-order valence-electron chi connectivity index (χ4n) is 3.42. The van der Waals surface area contributed by atoms with Crippen LogP contribution in [0.5, 0.6) is 0 Å². The minimum atomic E-state index is -3.46. The number of nitrogens with zero attached hydrogens (tertiary/aromatic N) is 5. The highest BCUT2D eigenvalue weighted by atomic mass is 32.2. The van der Waals surface area contributed by atoms with Crippen LogP contribution >= 0.6 is 0 Å². The Morgan fingerprint density at radius 1 is 1.15 bits per heavy atom. The van der Waals surface area contributed by atoms with Gasteiger partial charge in [-0.1, -0.05) is 18.2 Å². The average Bonchev–Trinajstić information content (AvgIpc) is 3.38. The second-order valence-corrected chi connectivity index (χ2v) is 9.62. The van der Waals surface area contributed by atoms with Gasteiger partial charge in [0.15, 0.2) is 9.84 Å². The van der Waals surface area contributed by atoms with E-state index in [0.717, 1.165) is 11.2 Å². The number of tetrazole rings is 1. The van der Waals surface area contributed by atoms with Crippen LogP contribution in [-0.4, -0.2) is 64.2 Å². The Morgan fingerprint density at radius 3 is 2.61 bits per heavy atom. The van der Waals surface area contributed by atoms with Crippen LogP contribution in [0.3, 0.4) is 0 Å². The lowest BCUT2D eigenvalue weighted by atomic mass is 9.91. The second kappa shape index (κ2) is 8.09. The van der Waals surface area contributed by atoms with Crippen molar-refractivity contribution in [3.05, 3.63) is 60.4 Å². The number of anilines is 1. The van der Waals surface area contributed by atoms with E-state index in [1.54, 1.807) is 31.2 Å². The van der Waals surface area contributed by atoms with Gasteiger partial charge in [0.2, 0.25) is 5.91 Å². The highest BCUT2D eigenvalue weighted by molar-refractivity contribution is 7.90. The van der Waals surface area contributed by atoms with E-state index >= 15 is 0 Å². The van der Waals surface area contributed by atoms with Crippen molar-refractivity contribution in [2.75, 3.05) is 18.1 Å². The number of carbonyl (C=O) groups is 3. The van der Waals surface area contributed by atoms with Gasteiger partial charge in [-0.15, -0.1) is 5.10 Å². The molecule has 4 amide bonds. The first kappa shape index (κ1) is 22.1. The Morgan fingerprint density at radius 2 is 1.91 bits per heavy atom.